The largest absolute Gasteiger partial charge is 0.0998 e. The van der Waals surface area contributed by atoms with Crippen molar-refractivity contribution in [1.29, 1.82) is 0 Å². The molecule has 0 saturated carbocycles. The molecular formula is C15H28Si. The van der Waals surface area contributed by atoms with Crippen molar-refractivity contribution in [2.24, 2.45) is 0 Å². The standard InChI is InChI=1S/C15H28Si/c1-6-7-8-9-10-11-12-13-14-15(2)16(3,4)5/h11-14H,2,6-10H2,1,3-5H3/b12-11+,14-13+. The Kier molecular flexibility index (Phi) is 8.27. The van der Waals surface area contributed by atoms with Crippen LogP contribution in [0.5, 0.6) is 0 Å². The van der Waals surface area contributed by atoms with Crippen molar-refractivity contribution >= 4 is 8.07 Å². The second kappa shape index (κ2) is 8.57. The molecule has 0 unspecified atom stereocenters. The molecule has 0 bridgehead atoms. The minimum atomic E-state index is -1.16. The summed E-state index contributed by atoms with van der Waals surface area (Å²) in [5.74, 6) is 0. The van der Waals surface area contributed by atoms with E-state index in [0.29, 0.717) is 0 Å². The molecule has 0 aliphatic carbocycles. The average Bonchev–Trinajstić information content (AvgIpc) is 2.20. The van der Waals surface area contributed by atoms with Gasteiger partial charge in [0.25, 0.3) is 0 Å². The highest BCUT2D eigenvalue weighted by Crippen LogP contribution is 2.13. The maximum absolute atomic E-state index is 4.13. The van der Waals surface area contributed by atoms with Crippen molar-refractivity contribution in [3.8, 4) is 0 Å². The van der Waals surface area contributed by atoms with Gasteiger partial charge in [0.05, 0.1) is 8.07 Å². The number of allylic oxidation sites excluding steroid dienone is 5. The maximum atomic E-state index is 4.13. The normalized spacial score (nSPS) is 12.8. The molecule has 1 heteroatoms. The summed E-state index contributed by atoms with van der Waals surface area (Å²) in [4.78, 5) is 0. The van der Waals surface area contributed by atoms with E-state index in [2.05, 4.69) is 57.4 Å². The minimum absolute atomic E-state index is 1.16. The molecule has 0 aliphatic rings. The lowest BCUT2D eigenvalue weighted by Crippen LogP contribution is -2.21. The van der Waals surface area contributed by atoms with Crippen LogP contribution in [-0.4, -0.2) is 8.07 Å². The van der Waals surface area contributed by atoms with Gasteiger partial charge in [0.1, 0.15) is 0 Å². The molecule has 0 aromatic heterocycles. The number of hydrogen-bond donors (Lipinski definition) is 0. The Hall–Kier alpha value is -0.563. The van der Waals surface area contributed by atoms with E-state index < -0.39 is 8.07 Å². The average molecular weight is 236 g/mol. The van der Waals surface area contributed by atoms with Gasteiger partial charge in [0.15, 0.2) is 0 Å². The Labute approximate surface area is 103 Å². The summed E-state index contributed by atoms with van der Waals surface area (Å²) >= 11 is 0. The molecule has 16 heavy (non-hydrogen) atoms. The first-order valence-corrected chi connectivity index (χ1v) is 10.0. The molecule has 0 amide bonds. The third-order valence-electron chi connectivity index (χ3n) is 2.73. The van der Waals surface area contributed by atoms with Gasteiger partial charge in [-0.3, -0.25) is 0 Å². The van der Waals surface area contributed by atoms with E-state index >= 15 is 0 Å². The third kappa shape index (κ3) is 8.72. The van der Waals surface area contributed by atoms with Crippen LogP contribution in [0.3, 0.4) is 0 Å². The molecule has 0 saturated heterocycles. The zero-order chi connectivity index (χ0) is 12.4. The van der Waals surface area contributed by atoms with E-state index in [9.17, 15) is 0 Å². The lowest BCUT2D eigenvalue weighted by atomic mass is 10.1. The molecule has 0 aliphatic heterocycles. The van der Waals surface area contributed by atoms with E-state index in [0.717, 1.165) is 0 Å². The number of rotatable bonds is 8. The smallest absolute Gasteiger partial charge is 0.0768 e. The predicted octanol–water partition coefficient (Wildman–Crippen LogP) is 5.50. The zero-order valence-corrected chi connectivity index (χ0v) is 12.6. The van der Waals surface area contributed by atoms with Crippen LogP contribution in [-0.2, 0) is 0 Å². The lowest BCUT2D eigenvalue weighted by Gasteiger charge is -2.15. The van der Waals surface area contributed by atoms with Crippen molar-refractivity contribution in [3.63, 3.8) is 0 Å². The SMILES string of the molecule is C=C(/C=C/C=C/CCCCCC)[Si](C)(C)C. The molecule has 0 atom stereocenters. The zero-order valence-electron chi connectivity index (χ0n) is 11.6. The van der Waals surface area contributed by atoms with Crippen LogP contribution >= 0.6 is 0 Å². The van der Waals surface area contributed by atoms with Crippen molar-refractivity contribution in [3.05, 3.63) is 36.1 Å². The van der Waals surface area contributed by atoms with Gasteiger partial charge in [-0.15, -0.1) is 0 Å². The number of unbranched alkanes of at least 4 members (excludes halogenated alkanes) is 4. The van der Waals surface area contributed by atoms with Crippen LogP contribution in [0.2, 0.25) is 19.6 Å². The molecule has 0 aromatic carbocycles. The maximum Gasteiger partial charge on any atom is 0.0768 e. The first-order chi connectivity index (χ1) is 7.48. The summed E-state index contributed by atoms with van der Waals surface area (Å²) < 4.78 is 0. The van der Waals surface area contributed by atoms with E-state index in [1.807, 2.05) is 0 Å². The molecule has 0 aromatic rings. The molecule has 0 heterocycles. The van der Waals surface area contributed by atoms with Crippen LogP contribution in [0.4, 0.5) is 0 Å². The first kappa shape index (κ1) is 15.4. The van der Waals surface area contributed by atoms with E-state index in [1.54, 1.807) is 0 Å². The second-order valence-electron chi connectivity index (χ2n) is 5.41. The van der Waals surface area contributed by atoms with Gasteiger partial charge in [-0.05, 0) is 12.8 Å². The second-order valence-corrected chi connectivity index (χ2v) is 10.6. The molecule has 0 radical (unpaired) electrons. The molecule has 0 N–H and O–H groups in total. The van der Waals surface area contributed by atoms with Crippen molar-refractivity contribution in [2.45, 2.75) is 58.7 Å². The molecule has 0 spiro atoms. The molecule has 0 nitrogen and oxygen atoms in total. The quantitative estimate of drug-likeness (QED) is 0.296. The van der Waals surface area contributed by atoms with Gasteiger partial charge >= 0.3 is 0 Å². The highest BCUT2D eigenvalue weighted by atomic mass is 28.3. The van der Waals surface area contributed by atoms with Crippen molar-refractivity contribution in [1.82, 2.24) is 0 Å². The first-order valence-electron chi connectivity index (χ1n) is 6.51. The summed E-state index contributed by atoms with van der Waals surface area (Å²) in [5, 5.41) is 1.32. The summed E-state index contributed by atoms with van der Waals surface area (Å²) in [6.07, 6.45) is 15.3. The Morgan fingerprint density at radius 3 is 2.31 bits per heavy atom. The Morgan fingerprint density at radius 2 is 1.75 bits per heavy atom. The number of hydrogen-bond acceptors (Lipinski definition) is 0. The lowest BCUT2D eigenvalue weighted by molar-refractivity contribution is 0.674. The van der Waals surface area contributed by atoms with Crippen LogP contribution in [0.15, 0.2) is 36.1 Å². The monoisotopic (exact) mass is 236 g/mol. The van der Waals surface area contributed by atoms with Crippen LogP contribution in [0, 0.1) is 0 Å². The molecule has 0 fully saturated rings. The summed E-state index contributed by atoms with van der Waals surface area (Å²) in [6, 6.07) is 0. The topological polar surface area (TPSA) is 0 Å². The van der Waals surface area contributed by atoms with Crippen molar-refractivity contribution < 1.29 is 0 Å². The fraction of sp³-hybridized carbons (Fsp3) is 0.600. The van der Waals surface area contributed by atoms with Crippen LogP contribution < -0.4 is 0 Å². The van der Waals surface area contributed by atoms with Gasteiger partial charge in [0.2, 0.25) is 0 Å². The highest BCUT2D eigenvalue weighted by molar-refractivity contribution is 6.83. The summed E-state index contributed by atoms with van der Waals surface area (Å²) in [6.45, 7) is 13.4. The fourth-order valence-corrected chi connectivity index (χ4v) is 1.88. The molecule has 0 rings (SSSR count). The van der Waals surface area contributed by atoms with Crippen LogP contribution in [0.1, 0.15) is 39.0 Å². The fourth-order valence-electron chi connectivity index (χ4n) is 1.29. The Balaban J connectivity index is 3.67. The van der Waals surface area contributed by atoms with Gasteiger partial charge < -0.3 is 0 Å². The van der Waals surface area contributed by atoms with E-state index in [-0.39, 0.29) is 0 Å². The highest BCUT2D eigenvalue weighted by Gasteiger charge is 2.14. The van der Waals surface area contributed by atoms with Crippen molar-refractivity contribution in [2.75, 3.05) is 0 Å². The van der Waals surface area contributed by atoms with Gasteiger partial charge in [-0.1, -0.05) is 81.9 Å². The summed E-state index contributed by atoms with van der Waals surface area (Å²) in [7, 11) is -1.16. The predicted molar refractivity (Wildman–Crippen MR) is 79.5 cm³/mol. The van der Waals surface area contributed by atoms with Gasteiger partial charge in [-0.25, -0.2) is 0 Å². The van der Waals surface area contributed by atoms with E-state index in [1.165, 1.54) is 37.3 Å². The summed E-state index contributed by atoms with van der Waals surface area (Å²) in [5.41, 5.74) is 0. The molecular weight excluding hydrogens is 208 g/mol. The van der Waals surface area contributed by atoms with Crippen LogP contribution in [0.25, 0.3) is 0 Å². The van der Waals surface area contributed by atoms with Gasteiger partial charge in [-0.2, -0.15) is 0 Å². The van der Waals surface area contributed by atoms with E-state index in [4.69, 9.17) is 0 Å². The third-order valence-corrected chi connectivity index (χ3v) is 4.83. The minimum Gasteiger partial charge on any atom is -0.0998 e. The van der Waals surface area contributed by atoms with Gasteiger partial charge in [0, 0.05) is 0 Å². The Morgan fingerprint density at radius 1 is 1.06 bits per heavy atom. The Bertz CT molecular complexity index is 241. The molecule has 92 valence electrons.